The van der Waals surface area contributed by atoms with Gasteiger partial charge in [0, 0.05) is 22.8 Å². The van der Waals surface area contributed by atoms with Crippen LogP contribution in [0.2, 0.25) is 5.02 Å². The second kappa shape index (κ2) is 9.39. The zero-order valence-electron chi connectivity index (χ0n) is 14.5. The fraction of sp³-hybridized carbons (Fsp3) is 0.176. The molecule has 2 aromatic rings. The van der Waals surface area contributed by atoms with Crippen molar-refractivity contribution in [1.82, 2.24) is 21.2 Å². The zero-order chi connectivity index (χ0) is 19.8. The van der Waals surface area contributed by atoms with E-state index in [4.69, 9.17) is 21.1 Å². The first-order valence-electron chi connectivity index (χ1n) is 7.65. The van der Waals surface area contributed by atoms with Gasteiger partial charge in [0.25, 0.3) is 17.7 Å². The number of hydrogen-bond acceptors (Lipinski definition) is 6. The molecule has 2 rings (SSSR count). The number of hydrogen-bond donors (Lipinski definition) is 3. The van der Waals surface area contributed by atoms with Gasteiger partial charge >= 0.3 is 0 Å². The van der Waals surface area contributed by atoms with Crippen LogP contribution in [0.25, 0.3) is 0 Å². The first-order valence-corrected chi connectivity index (χ1v) is 8.02. The first kappa shape index (κ1) is 20.0. The van der Waals surface area contributed by atoms with Crippen molar-refractivity contribution in [3.05, 3.63) is 52.8 Å². The molecule has 1 aromatic heterocycles. The van der Waals surface area contributed by atoms with Crippen molar-refractivity contribution >= 4 is 29.3 Å². The van der Waals surface area contributed by atoms with E-state index < -0.39 is 17.7 Å². The number of amides is 3. The van der Waals surface area contributed by atoms with Gasteiger partial charge in [-0.25, -0.2) is 0 Å². The van der Waals surface area contributed by atoms with E-state index >= 15 is 0 Å². The van der Waals surface area contributed by atoms with Crippen LogP contribution in [-0.2, 0) is 4.79 Å². The molecule has 1 heterocycles. The predicted molar refractivity (Wildman–Crippen MR) is 96.7 cm³/mol. The van der Waals surface area contributed by atoms with Gasteiger partial charge in [0.15, 0.2) is 0 Å². The van der Waals surface area contributed by atoms with E-state index in [0.29, 0.717) is 16.5 Å². The number of methoxy groups -OCH3 is 2. The van der Waals surface area contributed by atoms with E-state index in [0.717, 1.165) is 0 Å². The third-order valence-electron chi connectivity index (χ3n) is 3.29. The third-order valence-corrected chi connectivity index (χ3v) is 3.53. The highest BCUT2D eigenvalue weighted by atomic mass is 35.5. The summed E-state index contributed by atoms with van der Waals surface area (Å²) in [6.45, 7) is -0.366. The highest BCUT2D eigenvalue weighted by molar-refractivity contribution is 6.30. The number of ether oxygens (including phenoxy) is 2. The quantitative estimate of drug-likeness (QED) is 0.630. The summed E-state index contributed by atoms with van der Waals surface area (Å²) in [5, 5.41) is 2.71. The lowest BCUT2D eigenvalue weighted by Crippen LogP contribution is -2.46. The standard InChI is InChI=1S/C17H17ClN4O5/c1-26-12-5-10(6-13(8-12)27-2)16(24)22-21-15(23)9-20-17(25)14-7-11(18)3-4-19-14/h3-8H,9H2,1-2H3,(H,20,25)(H,21,23)(H,22,24). The van der Waals surface area contributed by atoms with Crippen LogP contribution in [0.5, 0.6) is 11.5 Å². The smallest absolute Gasteiger partial charge is 0.270 e. The number of nitrogens with one attached hydrogen (secondary N) is 3. The number of pyridine rings is 1. The van der Waals surface area contributed by atoms with E-state index in [2.05, 4.69) is 21.2 Å². The van der Waals surface area contributed by atoms with Gasteiger partial charge in [0.2, 0.25) is 0 Å². The molecule has 27 heavy (non-hydrogen) atoms. The largest absolute Gasteiger partial charge is 0.497 e. The van der Waals surface area contributed by atoms with E-state index in [9.17, 15) is 14.4 Å². The van der Waals surface area contributed by atoms with Gasteiger partial charge in [-0.1, -0.05) is 11.6 Å². The summed E-state index contributed by atoms with van der Waals surface area (Å²) in [5.74, 6) is -0.937. The minimum atomic E-state index is -0.631. The molecular weight excluding hydrogens is 376 g/mol. The van der Waals surface area contributed by atoms with E-state index in [-0.39, 0.29) is 17.8 Å². The maximum absolute atomic E-state index is 12.1. The Kier molecular flexibility index (Phi) is 6.95. The van der Waals surface area contributed by atoms with E-state index in [1.54, 1.807) is 6.07 Å². The molecule has 0 aliphatic rings. The van der Waals surface area contributed by atoms with Gasteiger partial charge in [0.05, 0.1) is 20.8 Å². The van der Waals surface area contributed by atoms with E-state index in [1.165, 1.54) is 44.7 Å². The molecule has 142 valence electrons. The first-order chi connectivity index (χ1) is 12.9. The second-order valence-electron chi connectivity index (χ2n) is 5.15. The number of nitrogens with zero attached hydrogens (tertiary/aromatic N) is 1. The van der Waals surface area contributed by atoms with Crippen molar-refractivity contribution in [2.75, 3.05) is 20.8 Å². The molecule has 3 amide bonds. The average molecular weight is 393 g/mol. The fourth-order valence-corrected chi connectivity index (χ4v) is 2.12. The van der Waals surface area contributed by atoms with Crippen LogP contribution in [-0.4, -0.2) is 43.5 Å². The summed E-state index contributed by atoms with van der Waals surface area (Å²) in [6, 6.07) is 7.46. The lowest BCUT2D eigenvalue weighted by Gasteiger charge is -2.10. The van der Waals surface area contributed by atoms with Crippen molar-refractivity contribution in [2.24, 2.45) is 0 Å². The summed E-state index contributed by atoms with van der Waals surface area (Å²) < 4.78 is 10.2. The van der Waals surface area contributed by atoms with E-state index in [1.807, 2.05) is 0 Å². The zero-order valence-corrected chi connectivity index (χ0v) is 15.3. The number of halogens is 1. The minimum absolute atomic E-state index is 0.0720. The van der Waals surface area contributed by atoms with Gasteiger partial charge in [-0.2, -0.15) is 0 Å². The maximum atomic E-state index is 12.1. The van der Waals surface area contributed by atoms with Crippen molar-refractivity contribution in [3.8, 4) is 11.5 Å². The van der Waals surface area contributed by atoms with Crippen LogP contribution in [0.1, 0.15) is 20.8 Å². The molecule has 0 spiro atoms. The molecule has 10 heteroatoms. The van der Waals surface area contributed by atoms with Crippen LogP contribution >= 0.6 is 11.6 Å². The van der Waals surface area contributed by atoms with Crippen LogP contribution in [0.15, 0.2) is 36.5 Å². The highest BCUT2D eigenvalue weighted by Crippen LogP contribution is 2.22. The predicted octanol–water partition coefficient (Wildman–Crippen LogP) is 0.943. The molecule has 1 aromatic carbocycles. The van der Waals surface area contributed by atoms with Crippen LogP contribution in [0.3, 0.4) is 0 Å². The summed E-state index contributed by atoms with van der Waals surface area (Å²) in [5.41, 5.74) is 4.72. The fourth-order valence-electron chi connectivity index (χ4n) is 1.96. The number of carbonyl (C=O) groups is 3. The topological polar surface area (TPSA) is 119 Å². The monoisotopic (exact) mass is 392 g/mol. The average Bonchev–Trinajstić information content (AvgIpc) is 2.69. The number of benzene rings is 1. The molecule has 0 bridgehead atoms. The number of aromatic nitrogens is 1. The Morgan fingerprint density at radius 3 is 2.26 bits per heavy atom. The van der Waals surface area contributed by atoms with Gasteiger partial charge < -0.3 is 14.8 Å². The Hall–Kier alpha value is -3.33. The lowest BCUT2D eigenvalue weighted by atomic mass is 10.2. The van der Waals surface area contributed by atoms with Crippen LogP contribution < -0.4 is 25.6 Å². The third kappa shape index (κ3) is 5.86. The summed E-state index contributed by atoms with van der Waals surface area (Å²) in [6.07, 6.45) is 1.37. The Morgan fingerprint density at radius 2 is 1.67 bits per heavy atom. The molecule has 0 atom stereocenters. The molecule has 0 aliphatic heterocycles. The molecule has 0 aliphatic carbocycles. The van der Waals surface area contributed by atoms with Gasteiger partial charge in [-0.3, -0.25) is 30.2 Å². The maximum Gasteiger partial charge on any atom is 0.270 e. The lowest BCUT2D eigenvalue weighted by molar-refractivity contribution is -0.120. The summed E-state index contributed by atoms with van der Waals surface area (Å²) in [4.78, 5) is 39.6. The second-order valence-corrected chi connectivity index (χ2v) is 5.58. The number of carbonyl (C=O) groups excluding carboxylic acids is 3. The molecule has 0 saturated carbocycles. The van der Waals surface area contributed by atoms with Crippen molar-refractivity contribution in [1.29, 1.82) is 0 Å². The van der Waals surface area contributed by atoms with Crippen molar-refractivity contribution < 1.29 is 23.9 Å². The molecule has 9 nitrogen and oxygen atoms in total. The minimum Gasteiger partial charge on any atom is -0.497 e. The summed E-state index contributed by atoms with van der Waals surface area (Å²) >= 11 is 5.77. The molecule has 0 fully saturated rings. The van der Waals surface area contributed by atoms with Crippen molar-refractivity contribution in [2.45, 2.75) is 0 Å². The van der Waals surface area contributed by atoms with Crippen LogP contribution in [0, 0.1) is 0 Å². The van der Waals surface area contributed by atoms with Gasteiger partial charge in [-0.05, 0) is 24.3 Å². The molecule has 0 unspecified atom stereocenters. The Morgan fingerprint density at radius 1 is 1.00 bits per heavy atom. The molecule has 0 saturated heterocycles. The Bertz CT molecular complexity index is 837. The SMILES string of the molecule is COc1cc(OC)cc(C(=O)NNC(=O)CNC(=O)c2cc(Cl)ccn2)c1. The molecule has 3 N–H and O–H groups in total. The molecular formula is C17H17ClN4O5. The van der Waals surface area contributed by atoms with Gasteiger partial charge in [-0.15, -0.1) is 0 Å². The van der Waals surface area contributed by atoms with Crippen molar-refractivity contribution in [3.63, 3.8) is 0 Å². The number of rotatable bonds is 6. The Labute approximate surface area is 160 Å². The highest BCUT2D eigenvalue weighted by Gasteiger charge is 2.13. The van der Waals surface area contributed by atoms with Gasteiger partial charge in [0.1, 0.15) is 17.2 Å². The van der Waals surface area contributed by atoms with Crippen LogP contribution in [0.4, 0.5) is 0 Å². The molecule has 0 radical (unpaired) electrons. The normalized spacial score (nSPS) is 9.89. The Balaban J connectivity index is 1.86. The number of hydrazine groups is 1. The summed E-state index contributed by atoms with van der Waals surface area (Å²) in [7, 11) is 2.91.